The monoisotopic (exact) mass is 368 g/mol. The molecule has 1 aromatic carbocycles. The molecule has 142 valence electrons. The molecular weight excluding hydrogens is 344 g/mol. The number of rotatable bonds is 3. The van der Waals surface area contributed by atoms with Gasteiger partial charge in [-0.05, 0) is 18.6 Å². The van der Waals surface area contributed by atoms with Crippen molar-refractivity contribution < 1.29 is 19.4 Å². The first-order valence-electron chi connectivity index (χ1n) is 9.28. The number of hydrogen-bond donors (Lipinski definition) is 1. The van der Waals surface area contributed by atoms with Gasteiger partial charge in [-0.1, -0.05) is 36.4 Å². The lowest BCUT2D eigenvalue weighted by Gasteiger charge is -2.51. The van der Waals surface area contributed by atoms with E-state index in [4.69, 9.17) is 9.47 Å². The molecule has 6 nitrogen and oxygen atoms in total. The van der Waals surface area contributed by atoms with Crippen LogP contribution in [0.2, 0.25) is 0 Å². The van der Waals surface area contributed by atoms with Crippen molar-refractivity contribution in [3.05, 3.63) is 65.5 Å². The molecule has 2 aliphatic heterocycles. The average Bonchev–Trinajstić information content (AvgIpc) is 2.66. The number of aliphatic hydroxyl groups is 1. The van der Waals surface area contributed by atoms with Crippen LogP contribution in [0.1, 0.15) is 29.7 Å². The first kappa shape index (κ1) is 17.9. The normalized spacial score (nSPS) is 27.3. The summed E-state index contributed by atoms with van der Waals surface area (Å²) in [6.45, 7) is 2.94. The molecule has 0 radical (unpaired) electrons. The Morgan fingerprint density at radius 1 is 1.22 bits per heavy atom. The summed E-state index contributed by atoms with van der Waals surface area (Å²) in [5.74, 6) is 0. The highest BCUT2D eigenvalue weighted by Crippen LogP contribution is 2.42. The second-order valence-corrected chi connectivity index (χ2v) is 7.37. The Bertz CT molecular complexity index is 797. The number of pyridine rings is 1. The summed E-state index contributed by atoms with van der Waals surface area (Å²) in [6.07, 6.45) is 2.21. The molecule has 0 aliphatic carbocycles. The van der Waals surface area contributed by atoms with Gasteiger partial charge in [-0.3, -0.25) is 9.88 Å². The van der Waals surface area contributed by atoms with Gasteiger partial charge in [-0.15, -0.1) is 0 Å². The summed E-state index contributed by atoms with van der Waals surface area (Å²) in [7, 11) is 0. The van der Waals surface area contributed by atoms with E-state index in [1.165, 1.54) is 0 Å². The zero-order valence-electron chi connectivity index (χ0n) is 15.4. The fraction of sp³-hybridized carbons (Fsp3) is 0.429. The fourth-order valence-electron chi connectivity index (χ4n) is 4.26. The number of piperidine rings is 1. The number of morpholine rings is 1. The summed E-state index contributed by atoms with van der Waals surface area (Å²) in [4.78, 5) is 18.8. The molecule has 4 rings (SSSR count). The van der Waals surface area contributed by atoms with E-state index in [0.717, 1.165) is 16.8 Å². The average molecular weight is 368 g/mol. The van der Waals surface area contributed by atoms with Gasteiger partial charge in [0.25, 0.3) is 0 Å². The molecule has 2 fully saturated rings. The van der Waals surface area contributed by atoms with Gasteiger partial charge in [0.05, 0.1) is 30.9 Å². The van der Waals surface area contributed by atoms with E-state index in [9.17, 15) is 9.90 Å². The van der Waals surface area contributed by atoms with Crippen LogP contribution in [0.3, 0.4) is 0 Å². The summed E-state index contributed by atoms with van der Waals surface area (Å²) < 4.78 is 11.2. The van der Waals surface area contributed by atoms with Gasteiger partial charge >= 0.3 is 6.09 Å². The van der Waals surface area contributed by atoms with Crippen molar-refractivity contribution in [2.75, 3.05) is 13.2 Å². The number of carbonyl (C=O) groups excluding carboxylic acids is 1. The van der Waals surface area contributed by atoms with Crippen LogP contribution in [-0.4, -0.2) is 46.4 Å². The second kappa shape index (κ2) is 7.29. The van der Waals surface area contributed by atoms with Gasteiger partial charge in [0.1, 0.15) is 6.61 Å². The molecule has 1 aromatic heterocycles. The number of ether oxygens (including phenoxy) is 2. The molecule has 6 heteroatoms. The maximum absolute atomic E-state index is 12.8. The van der Waals surface area contributed by atoms with E-state index in [1.54, 1.807) is 11.1 Å². The van der Waals surface area contributed by atoms with Crippen LogP contribution < -0.4 is 0 Å². The van der Waals surface area contributed by atoms with Crippen LogP contribution in [0, 0.1) is 6.92 Å². The van der Waals surface area contributed by atoms with Crippen molar-refractivity contribution >= 4 is 6.09 Å². The van der Waals surface area contributed by atoms with Gasteiger partial charge in [0.15, 0.2) is 0 Å². The number of fused-ring (bicyclic) bond motifs is 2. The number of carbonyl (C=O) groups is 1. The zero-order valence-corrected chi connectivity index (χ0v) is 15.4. The maximum Gasteiger partial charge on any atom is 0.410 e. The van der Waals surface area contributed by atoms with Gasteiger partial charge in [0.2, 0.25) is 0 Å². The third-order valence-electron chi connectivity index (χ3n) is 5.48. The molecule has 2 saturated heterocycles. The molecule has 2 unspecified atom stereocenters. The third kappa shape index (κ3) is 3.55. The lowest BCUT2D eigenvalue weighted by Crippen LogP contribution is -2.62. The Morgan fingerprint density at radius 2 is 1.93 bits per heavy atom. The van der Waals surface area contributed by atoms with Crippen molar-refractivity contribution in [1.29, 1.82) is 0 Å². The van der Waals surface area contributed by atoms with E-state index in [0.29, 0.717) is 26.1 Å². The second-order valence-electron chi connectivity index (χ2n) is 7.37. The Kier molecular flexibility index (Phi) is 4.85. The topological polar surface area (TPSA) is 71.9 Å². The zero-order chi connectivity index (χ0) is 18.9. The van der Waals surface area contributed by atoms with E-state index >= 15 is 0 Å². The summed E-state index contributed by atoms with van der Waals surface area (Å²) >= 11 is 0. The third-order valence-corrected chi connectivity index (χ3v) is 5.48. The molecule has 2 aliphatic rings. The molecule has 0 saturated carbocycles. The minimum absolute atomic E-state index is 0.217. The van der Waals surface area contributed by atoms with Gasteiger partial charge in [-0.25, -0.2) is 4.79 Å². The Hall–Kier alpha value is -2.44. The summed E-state index contributed by atoms with van der Waals surface area (Å²) in [5, 5.41) is 11.4. The van der Waals surface area contributed by atoms with Crippen LogP contribution in [0.5, 0.6) is 0 Å². The van der Waals surface area contributed by atoms with Crippen LogP contribution in [0.15, 0.2) is 48.7 Å². The quantitative estimate of drug-likeness (QED) is 0.902. The molecule has 3 heterocycles. The van der Waals surface area contributed by atoms with E-state index in [1.807, 2.05) is 49.4 Å². The number of aromatic nitrogens is 1. The van der Waals surface area contributed by atoms with Gasteiger partial charge in [-0.2, -0.15) is 0 Å². The largest absolute Gasteiger partial charge is 0.445 e. The number of amides is 1. The van der Waals surface area contributed by atoms with Crippen molar-refractivity contribution in [2.24, 2.45) is 0 Å². The molecule has 2 atom stereocenters. The SMILES string of the molecule is Cc1ncccc1C1(O)CC2COCC(C1)N2C(=O)OCc1ccccc1. The summed E-state index contributed by atoms with van der Waals surface area (Å²) in [5.41, 5.74) is 1.60. The molecule has 2 aromatic rings. The number of benzene rings is 1. The lowest BCUT2D eigenvalue weighted by atomic mass is 9.76. The van der Waals surface area contributed by atoms with Crippen molar-refractivity contribution in [3.8, 4) is 0 Å². The van der Waals surface area contributed by atoms with Crippen molar-refractivity contribution in [1.82, 2.24) is 9.88 Å². The number of nitrogens with zero attached hydrogens (tertiary/aromatic N) is 2. The van der Waals surface area contributed by atoms with Crippen LogP contribution in [0.4, 0.5) is 4.79 Å². The first-order chi connectivity index (χ1) is 13.1. The minimum Gasteiger partial charge on any atom is -0.445 e. The highest BCUT2D eigenvalue weighted by molar-refractivity contribution is 5.69. The van der Waals surface area contributed by atoms with Gasteiger partial charge < -0.3 is 14.6 Å². The number of aryl methyl sites for hydroxylation is 1. The molecule has 1 N–H and O–H groups in total. The maximum atomic E-state index is 12.8. The van der Waals surface area contributed by atoms with Crippen LogP contribution in [0.25, 0.3) is 0 Å². The Morgan fingerprint density at radius 3 is 2.59 bits per heavy atom. The fourth-order valence-corrected chi connectivity index (χ4v) is 4.26. The van der Waals surface area contributed by atoms with Crippen LogP contribution >= 0.6 is 0 Å². The summed E-state index contributed by atoms with van der Waals surface area (Å²) in [6, 6.07) is 12.9. The predicted molar refractivity (Wildman–Crippen MR) is 99.0 cm³/mol. The van der Waals surface area contributed by atoms with Crippen LogP contribution in [-0.2, 0) is 21.7 Å². The standard InChI is InChI=1S/C21H24N2O4/c1-15-19(8-5-9-22-15)21(25)10-17-13-26-14-18(11-21)23(17)20(24)27-12-16-6-3-2-4-7-16/h2-9,17-18,25H,10-14H2,1H3. The number of hydrogen-bond acceptors (Lipinski definition) is 5. The van der Waals surface area contributed by atoms with E-state index < -0.39 is 5.60 Å². The predicted octanol–water partition coefficient (Wildman–Crippen LogP) is 2.78. The van der Waals surface area contributed by atoms with E-state index in [-0.39, 0.29) is 24.8 Å². The van der Waals surface area contributed by atoms with Crippen molar-refractivity contribution in [3.63, 3.8) is 0 Å². The Labute approximate surface area is 158 Å². The van der Waals surface area contributed by atoms with E-state index in [2.05, 4.69) is 4.98 Å². The Balaban J connectivity index is 1.50. The van der Waals surface area contributed by atoms with Crippen molar-refractivity contribution in [2.45, 2.75) is 44.1 Å². The van der Waals surface area contributed by atoms with Gasteiger partial charge in [0, 0.05) is 30.3 Å². The smallest absolute Gasteiger partial charge is 0.410 e. The molecule has 27 heavy (non-hydrogen) atoms. The first-order valence-corrected chi connectivity index (χ1v) is 9.28. The highest BCUT2D eigenvalue weighted by Gasteiger charge is 2.49. The molecule has 2 bridgehead atoms. The molecular formula is C21H24N2O4. The lowest BCUT2D eigenvalue weighted by molar-refractivity contribution is -0.137. The highest BCUT2D eigenvalue weighted by atomic mass is 16.6. The molecule has 1 amide bonds. The minimum atomic E-state index is -1.01. The molecule has 0 spiro atoms.